The maximum Gasteiger partial charge on any atom is 0.346 e. The summed E-state index contributed by atoms with van der Waals surface area (Å²) < 4.78 is 10.2. The van der Waals surface area contributed by atoms with Crippen LogP contribution in [0.1, 0.15) is 82.9 Å². The van der Waals surface area contributed by atoms with Gasteiger partial charge in [0.2, 0.25) is 0 Å². The molecule has 0 saturated heterocycles. The monoisotopic (exact) mass is 615 g/mol. The zero-order valence-electron chi connectivity index (χ0n) is 22.5. The Morgan fingerprint density at radius 3 is 1.33 bits per heavy atom. The number of carbonyl (C=O) groups excluding carboxylic acids is 8. The van der Waals surface area contributed by atoms with E-state index in [4.69, 9.17) is 0 Å². The molecule has 0 N–H and O–H groups in total. The largest absolute Gasteiger partial charge is 0.386 e. The van der Waals surface area contributed by atoms with Crippen LogP contribution in [-0.2, 0) is 9.47 Å². The highest BCUT2D eigenvalue weighted by Crippen LogP contribution is 2.42. The van der Waals surface area contributed by atoms with E-state index >= 15 is 0 Å². The van der Waals surface area contributed by atoms with Gasteiger partial charge in [-0.05, 0) is 64.7 Å². The molecule has 2 atom stereocenters. The van der Waals surface area contributed by atoms with Crippen LogP contribution in [0.2, 0.25) is 0 Å². The number of amides is 2. The second kappa shape index (κ2) is 9.28. The fourth-order valence-corrected chi connectivity index (χ4v) is 7.17. The van der Waals surface area contributed by atoms with Gasteiger partial charge in [-0.3, -0.25) is 23.8 Å². The Kier molecular flexibility index (Phi) is 5.50. The first-order chi connectivity index (χ1) is 21.6. The Morgan fingerprint density at radius 2 is 0.800 bits per heavy atom. The minimum Gasteiger partial charge on any atom is -0.386 e. The summed E-state index contributed by atoms with van der Waals surface area (Å²) in [6.45, 7) is 0. The summed E-state index contributed by atoms with van der Waals surface area (Å²) in [5, 5.41) is 0. The van der Waals surface area contributed by atoms with Crippen molar-refractivity contribution in [2.45, 2.75) is 5.66 Å². The standard InChI is InChI=1S/C33H14NO10P/c35-25-17-5-1-13(15-3-7-19-23(11-15)32(41)43-30(19)39)9-21(17)26(36)27(25)45-34-28(37)18-6-2-14(10-22(18)29(34)38)16-4-8-20-24(12-16)33(42)44-31(20)40/h1-12,27,45H. The fourth-order valence-electron chi connectivity index (χ4n) is 5.89. The van der Waals surface area contributed by atoms with Crippen LogP contribution in [0.15, 0.2) is 72.8 Å². The van der Waals surface area contributed by atoms with Gasteiger partial charge in [0.05, 0.1) is 33.4 Å². The zero-order chi connectivity index (χ0) is 31.3. The van der Waals surface area contributed by atoms with Crippen LogP contribution < -0.4 is 0 Å². The summed E-state index contributed by atoms with van der Waals surface area (Å²) in [7, 11) is -0.786. The molecule has 8 rings (SSSR count). The summed E-state index contributed by atoms with van der Waals surface area (Å²) in [6, 6.07) is 18.2. The van der Waals surface area contributed by atoms with Gasteiger partial charge in [0.15, 0.2) is 11.6 Å². The number of carbonyl (C=O) groups is 8. The molecule has 3 heterocycles. The Hall–Kier alpha value is -5.93. The van der Waals surface area contributed by atoms with Crippen LogP contribution in [0.4, 0.5) is 0 Å². The smallest absolute Gasteiger partial charge is 0.346 e. The molecule has 11 nitrogen and oxygen atoms in total. The summed E-state index contributed by atoms with van der Waals surface area (Å²) in [5.74, 6) is -5.38. The third-order valence-electron chi connectivity index (χ3n) is 8.18. The van der Waals surface area contributed by atoms with E-state index in [9.17, 15) is 38.4 Å². The van der Waals surface area contributed by atoms with E-state index in [0.717, 1.165) is 4.67 Å². The highest BCUT2D eigenvalue weighted by molar-refractivity contribution is 7.41. The Balaban J connectivity index is 1.06. The number of Topliss-reactive ketones (excluding diaryl/α,β-unsaturated/α-hetero) is 2. The molecule has 216 valence electrons. The van der Waals surface area contributed by atoms with E-state index in [0.29, 0.717) is 22.3 Å². The average molecular weight is 615 g/mol. The van der Waals surface area contributed by atoms with Gasteiger partial charge < -0.3 is 9.47 Å². The quantitative estimate of drug-likeness (QED) is 0.140. The van der Waals surface area contributed by atoms with Gasteiger partial charge in [-0.2, -0.15) is 0 Å². The van der Waals surface area contributed by atoms with Crippen molar-refractivity contribution in [1.29, 1.82) is 0 Å². The molecule has 3 aliphatic heterocycles. The first-order valence-corrected chi connectivity index (χ1v) is 14.5. The Morgan fingerprint density at radius 1 is 0.422 bits per heavy atom. The molecule has 0 saturated carbocycles. The van der Waals surface area contributed by atoms with Gasteiger partial charge in [-0.25, -0.2) is 19.2 Å². The van der Waals surface area contributed by atoms with Gasteiger partial charge in [0, 0.05) is 19.9 Å². The highest BCUT2D eigenvalue weighted by Gasteiger charge is 2.45. The van der Waals surface area contributed by atoms with Crippen LogP contribution >= 0.6 is 8.73 Å². The molecule has 2 unspecified atom stereocenters. The molecule has 0 aromatic heterocycles. The van der Waals surface area contributed by atoms with Gasteiger partial charge in [-0.15, -0.1) is 0 Å². The minimum atomic E-state index is -1.27. The second-order valence-electron chi connectivity index (χ2n) is 10.6. The molecule has 1 aliphatic carbocycles. The third-order valence-corrected chi connectivity index (χ3v) is 9.62. The van der Waals surface area contributed by atoms with Crippen LogP contribution in [0, 0.1) is 0 Å². The number of hydrogen-bond acceptors (Lipinski definition) is 10. The summed E-state index contributed by atoms with van der Waals surface area (Å²) in [4.78, 5) is 101. The second-order valence-corrected chi connectivity index (χ2v) is 11.9. The van der Waals surface area contributed by atoms with Gasteiger partial charge >= 0.3 is 23.9 Å². The molecule has 0 bridgehead atoms. The Bertz CT molecular complexity index is 2060. The lowest BCUT2D eigenvalue weighted by molar-refractivity contribution is 0.0425. The van der Waals surface area contributed by atoms with E-state index in [1.807, 2.05) is 0 Å². The summed E-state index contributed by atoms with van der Waals surface area (Å²) in [5.41, 5.74) is 1.74. The first kappa shape index (κ1) is 26.7. The van der Waals surface area contributed by atoms with Crippen molar-refractivity contribution in [3.63, 3.8) is 0 Å². The third kappa shape index (κ3) is 3.81. The van der Waals surface area contributed by atoms with Crippen LogP contribution in [0.3, 0.4) is 0 Å². The maximum absolute atomic E-state index is 13.5. The molecule has 12 heteroatoms. The number of esters is 4. The number of ketones is 2. The van der Waals surface area contributed by atoms with Crippen molar-refractivity contribution in [1.82, 2.24) is 4.67 Å². The van der Waals surface area contributed by atoms with Crippen molar-refractivity contribution in [2.75, 3.05) is 0 Å². The summed E-state index contributed by atoms with van der Waals surface area (Å²) >= 11 is 0. The number of fused-ring (bicyclic) bond motifs is 4. The minimum absolute atomic E-state index is 0.0791. The predicted molar refractivity (Wildman–Crippen MR) is 155 cm³/mol. The van der Waals surface area contributed by atoms with E-state index < -0.39 is 61.6 Å². The lowest BCUT2D eigenvalue weighted by Gasteiger charge is -2.16. The zero-order valence-corrected chi connectivity index (χ0v) is 23.5. The van der Waals surface area contributed by atoms with Gasteiger partial charge in [0.25, 0.3) is 11.8 Å². The predicted octanol–water partition coefficient (Wildman–Crippen LogP) is 4.28. The SMILES string of the molecule is O=C1OC(=O)c2cc(-c3ccc4c(c3)C(=O)C(PN3C(=O)c5ccc(-c6ccc7c(c6)C(=O)OC7=O)cc5C3=O)C4=O)ccc21. The van der Waals surface area contributed by atoms with E-state index in [-0.39, 0.29) is 44.5 Å². The first-order valence-electron chi connectivity index (χ1n) is 13.4. The van der Waals surface area contributed by atoms with Crippen molar-refractivity contribution in [3.05, 3.63) is 117 Å². The average Bonchev–Trinajstić information content (AvgIpc) is 3.67. The molecule has 0 spiro atoms. The van der Waals surface area contributed by atoms with Crippen molar-refractivity contribution in [3.8, 4) is 22.3 Å². The highest BCUT2D eigenvalue weighted by atomic mass is 31.1. The number of imide groups is 1. The maximum atomic E-state index is 13.5. The summed E-state index contributed by atoms with van der Waals surface area (Å²) in [6.07, 6.45) is 0. The normalized spacial score (nSPS) is 18.1. The number of rotatable bonds is 4. The van der Waals surface area contributed by atoms with Gasteiger partial charge in [0.1, 0.15) is 5.66 Å². The number of ether oxygens (including phenoxy) is 2. The lowest BCUT2D eigenvalue weighted by Crippen LogP contribution is -2.28. The molecule has 0 radical (unpaired) electrons. The number of cyclic esters (lactones) is 4. The Labute approximate surface area is 253 Å². The van der Waals surface area contributed by atoms with Crippen molar-refractivity contribution in [2.24, 2.45) is 0 Å². The van der Waals surface area contributed by atoms with E-state index in [1.165, 1.54) is 48.5 Å². The van der Waals surface area contributed by atoms with Crippen molar-refractivity contribution >= 4 is 56.0 Å². The fraction of sp³-hybridized carbons (Fsp3) is 0.0303. The van der Waals surface area contributed by atoms with Crippen LogP contribution in [-0.4, -0.2) is 57.6 Å². The molecule has 2 amide bonds. The van der Waals surface area contributed by atoms with Gasteiger partial charge in [-0.1, -0.05) is 30.3 Å². The number of hydrogen-bond donors (Lipinski definition) is 0. The number of benzene rings is 4. The molecule has 4 aromatic rings. The molecule has 4 aromatic carbocycles. The molecule has 4 aliphatic rings. The van der Waals surface area contributed by atoms with E-state index in [1.54, 1.807) is 24.3 Å². The van der Waals surface area contributed by atoms with Crippen LogP contribution in [0.25, 0.3) is 22.3 Å². The topological polar surface area (TPSA) is 158 Å². The van der Waals surface area contributed by atoms with Crippen molar-refractivity contribution < 1.29 is 47.8 Å². The number of nitrogens with zero attached hydrogens (tertiary/aromatic N) is 1. The molecular weight excluding hydrogens is 601 g/mol. The van der Waals surface area contributed by atoms with Crippen LogP contribution in [0.5, 0.6) is 0 Å². The molecule has 0 fully saturated rings. The molecule has 45 heavy (non-hydrogen) atoms. The lowest BCUT2D eigenvalue weighted by atomic mass is 9.97. The van der Waals surface area contributed by atoms with E-state index in [2.05, 4.69) is 9.47 Å². The molecular formula is C33H14NO10P.